The molecule has 0 fully saturated rings. The summed E-state index contributed by atoms with van der Waals surface area (Å²) in [5, 5.41) is 13.5. The van der Waals surface area contributed by atoms with Crippen molar-refractivity contribution < 1.29 is 9.31 Å². The van der Waals surface area contributed by atoms with Crippen molar-refractivity contribution in [1.29, 1.82) is 0 Å². The number of anilines is 1. The number of hydrogen-bond donors (Lipinski definition) is 1. The number of nitrogens with one attached hydrogen (secondary N) is 1. The van der Waals surface area contributed by atoms with Gasteiger partial charge in [0.2, 0.25) is 5.82 Å². The van der Waals surface area contributed by atoms with E-state index in [0.29, 0.717) is 12.2 Å². The lowest BCUT2D eigenvalue weighted by Gasteiger charge is -2.08. The first-order chi connectivity index (χ1) is 9.08. The van der Waals surface area contributed by atoms with E-state index < -0.39 is 16.4 Å². The number of nitro benzene ring substituents is 1. The Morgan fingerprint density at radius 1 is 1.26 bits per heavy atom. The molecule has 0 heterocycles. The Labute approximate surface area is 117 Å². The normalized spacial score (nSPS) is 10.2. The lowest BCUT2D eigenvalue weighted by atomic mass is 10.2. The molecule has 0 aliphatic carbocycles. The highest BCUT2D eigenvalue weighted by Gasteiger charge is 2.13. The molecule has 0 saturated carbocycles. The van der Waals surface area contributed by atoms with Gasteiger partial charge in [-0.3, -0.25) is 10.1 Å². The molecule has 0 spiro atoms. The minimum atomic E-state index is -0.845. The summed E-state index contributed by atoms with van der Waals surface area (Å²) >= 11 is 3.41. The molecule has 4 nitrogen and oxygen atoms in total. The van der Waals surface area contributed by atoms with Crippen LogP contribution in [-0.2, 0) is 6.54 Å². The number of nitro groups is 1. The Morgan fingerprint density at radius 2 is 2.00 bits per heavy atom. The number of rotatable bonds is 4. The molecule has 2 aromatic rings. The molecule has 0 bridgehead atoms. The zero-order valence-corrected chi connectivity index (χ0v) is 11.4. The monoisotopic (exact) mass is 324 g/mol. The zero-order chi connectivity index (χ0) is 13.8. The molecule has 1 N–H and O–H groups in total. The molecule has 0 atom stereocenters. The minimum Gasteiger partial charge on any atom is -0.381 e. The lowest BCUT2D eigenvalue weighted by Crippen LogP contribution is -2.01. The number of hydrogen-bond acceptors (Lipinski definition) is 3. The Morgan fingerprint density at radius 3 is 2.63 bits per heavy atom. The van der Waals surface area contributed by atoms with Gasteiger partial charge in [0.05, 0.1) is 4.92 Å². The summed E-state index contributed by atoms with van der Waals surface area (Å²) in [6, 6.07) is 11.4. The van der Waals surface area contributed by atoms with Crippen LogP contribution in [0.3, 0.4) is 0 Å². The van der Waals surface area contributed by atoms with Crippen LogP contribution >= 0.6 is 15.9 Å². The maximum atomic E-state index is 13.4. The van der Waals surface area contributed by atoms with E-state index in [1.165, 1.54) is 6.07 Å². The summed E-state index contributed by atoms with van der Waals surface area (Å²) in [7, 11) is 0. The Hall–Kier alpha value is -1.95. The molecule has 0 saturated heterocycles. The van der Waals surface area contributed by atoms with Crippen molar-refractivity contribution in [3.63, 3.8) is 0 Å². The van der Waals surface area contributed by atoms with Gasteiger partial charge in [-0.1, -0.05) is 34.1 Å². The van der Waals surface area contributed by atoms with E-state index in [0.717, 1.165) is 22.2 Å². The van der Waals surface area contributed by atoms with E-state index in [9.17, 15) is 14.5 Å². The molecule has 98 valence electrons. The van der Waals surface area contributed by atoms with Gasteiger partial charge >= 0.3 is 5.69 Å². The van der Waals surface area contributed by atoms with Gasteiger partial charge in [-0.2, -0.15) is 4.39 Å². The molecular formula is C13H10BrFN2O2. The lowest BCUT2D eigenvalue weighted by molar-refractivity contribution is -0.387. The van der Waals surface area contributed by atoms with E-state index in [-0.39, 0.29) is 0 Å². The van der Waals surface area contributed by atoms with Gasteiger partial charge in [-0.15, -0.1) is 0 Å². The van der Waals surface area contributed by atoms with Crippen LogP contribution in [-0.4, -0.2) is 4.92 Å². The van der Waals surface area contributed by atoms with Crippen molar-refractivity contribution in [2.45, 2.75) is 6.54 Å². The van der Waals surface area contributed by atoms with Crippen molar-refractivity contribution in [2.24, 2.45) is 0 Å². The zero-order valence-electron chi connectivity index (χ0n) is 9.77. The largest absolute Gasteiger partial charge is 0.381 e. The average molecular weight is 325 g/mol. The maximum absolute atomic E-state index is 13.4. The summed E-state index contributed by atoms with van der Waals surface area (Å²) < 4.78 is 14.4. The van der Waals surface area contributed by atoms with Gasteiger partial charge < -0.3 is 5.32 Å². The second-order valence-electron chi connectivity index (χ2n) is 3.87. The fourth-order valence-electron chi connectivity index (χ4n) is 1.60. The highest BCUT2D eigenvalue weighted by atomic mass is 79.9. The Bertz CT molecular complexity index is 619. The average Bonchev–Trinajstić information content (AvgIpc) is 2.37. The van der Waals surface area contributed by atoms with Crippen LogP contribution in [0.15, 0.2) is 46.9 Å². The maximum Gasteiger partial charge on any atom is 0.304 e. The van der Waals surface area contributed by atoms with Crippen LogP contribution in [0.1, 0.15) is 5.56 Å². The molecule has 0 aliphatic heterocycles. The summed E-state index contributed by atoms with van der Waals surface area (Å²) in [5.74, 6) is -0.845. The minimum absolute atomic E-state index is 0.499. The predicted molar refractivity (Wildman–Crippen MR) is 74.5 cm³/mol. The molecule has 0 aromatic heterocycles. The third-order valence-corrected chi connectivity index (χ3v) is 3.36. The third-order valence-electron chi connectivity index (χ3n) is 2.59. The first kappa shape index (κ1) is 13.5. The van der Waals surface area contributed by atoms with Crippen LogP contribution in [0.2, 0.25) is 0 Å². The Balaban J connectivity index is 2.11. The van der Waals surface area contributed by atoms with Crippen molar-refractivity contribution in [3.8, 4) is 0 Å². The number of nitrogens with zero attached hydrogens (tertiary/aromatic N) is 1. The van der Waals surface area contributed by atoms with Crippen molar-refractivity contribution in [2.75, 3.05) is 5.32 Å². The molecule has 0 amide bonds. The predicted octanol–water partition coefficient (Wildman–Crippen LogP) is 4.11. The summed E-state index contributed by atoms with van der Waals surface area (Å²) in [5.41, 5.74) is 0.992. The van der Waals surface area contributed by atoms with Crippen molar-refractivity contribution in [1.82, 2.24) is 0 Å². The van der Waals surface area contributed by atoms with E-state index in [4.69, 9.17) is 0 Å². The van der Waals surface area contributed by atoms with Gasteiger partial charge in [-0.05, 0) is 17.7 Å². The standard InChI is InChI=1S/C13H10BrFN2O2/c14-11-4-2-1-3-9(11)8-16-10-5-6-13(17(18)19)12(15)7-10/h1-7,16H,8H2. The highest BCUT2D eigenvalue weighted by Crippen LogP contribution is 2.22. The second-order valence-corrected chi connectivity index (χ2v) is 4.72. The van der Waals surface area contributed by atoms with E-state index in [1.807, 2.05) is 24.3 Å². The summed E-state index contributed by atoms with van der Waals surface area (Å²) in [6.45, 7) is 0.499. The first-order valence-corrected chi connectivity index (χ1v) is 6.28. The van der Waals surface area contributed by atoms with Crippen LogP contribution < -0.4 is 5.32 Å². The van der Waals surface area contributed by atoms with Crippen LogP contribution in [0, 0.1) is 15.9 Å². The van der Waals surface area contributed by atoms with Gasteiger partial charge in [0, 0.05) is 28.8 Å². The number of benzene rings is 2. The smallest absolute Gasteiger partial charge is 0.304 e. The van der Waals surface area contributed by atoms with Gasteiger partial charge in [-0.25, -0.2) is 0 Å². The van der Waals surface area contributed by atoms with Crippen molar-refractivity contribution in [3.05, 3.63) is 68.4 Å². The molecular weight excluding hydrogens is 315 g/mol. The molecule has 2 rings (SSSR count). The first-order valence-electron chi connectivity index (χ1n) is 5.49. The quantitative estimate of drug-likeness (QED) is 0.680. The number of halogens is 2. The van der Waals surface area contributed by atoms with Gasteiger partial charge in [0.25, 0.3) is 0 Å². The fraction of sp³-hybridized carbons (Fsp3) is 0.0769. The molecule has 0 unspecified atom stereocenters. The SMILES string of the molecule is O=[N+]([O-])c1ccc(NCc2ccccc2Br)cc1F. The topological polar surface area (TPSA) is 55.2 Å². The van der Waals surface area contributed by atoms with Crippen LogP contribution in [0.25, 0.3) is 0 Å². The summed E-state index contributed by atoms with van der Waals surface area (Å²) in [6.07, 6.45) is 0. The van der Waals surface area contributed by atoms with E-state index >= 15 is 0 Å². The third kappa shape index (κ3) is 3.29. The molecule has 0 aliphatic rings. The molecule has 2 aromatic carbocycles. The molecule has 19 heavy (non-hydrogen) atoms. The van der Waals surface area contributed by atoms with Gasteiger partial charge in [0.15, 0.2) is 0 Å². The molecule has 0 radical (unpaired) electrons. The van der Waals surface area contributed by atoms with Crippen LogP contribution in [0.5, 0.6) is 0 Å². The van der Waals surface area contributed by atoms with E-state index in [2.05, 4.69) is 21.2 Å². The summed E-state index contributed by atoms with van der Waals surface area (Å²) in [4.78, 5) is 9.75. The van der Waals surface area contributed by atoms with Crippen LogP contribution in [0.4, 0.5) is 15.8 Å². The van der Waals surface area contributed by atoms with E-state index in [1.54, 1.807) is 0 Å². The van der Waals surface area contributed by atoms with Gasteiger partial charge in [0.1, 0.15) is 0 Å². The Kier molecular flexibility index (Phi) is 4.11. The fourth-order valence-corrected chi connectivity index (χ4v) is 2.03. The van der Waals surface area contributed by atoms with Crippen molar-refractivity contribution >= 4 is 27.3 Å². The second kappa shape index (κ2) is 5.79. The highest BCUT2D eigenvalue weighted by molar-refractivity contribution is 9.10. The molecule has 6 heteroatoms.